The molecule has 0 radical (unpaired) electrons. The van der Waals surface area contributed by atoms with Crippen molar-refractivity contribution in [3.05, 3.63) is 69.9 Å². The lowest BCUT2D eigenvalue weighted by Crippen LogP contribution is -2.42. The first-order valence-electron chi connectivity index (χ1n) is 9.71. The molecule has 1 saturated heterocycles. The van der Waals surface area contributed by atoms with Crippen LogP contribution in [0.15, 0.2) is 57.7 Å². The maximum Gasteiger partial charge on any atom is 0.342 e. The summed E-state index contributed by atoms with van der Waals surface area (Å²) in [7, 11) is 0. The van der Waals surface area contributed by atoms with Crippen LogP contribution in [-0.2, 0) is 14.3 Å². The molecule has 0 unspecified atom stereocenters. The molecule has 2 heterocycles. The number of nitrogens with zero attached hydrogens (tertiary/aromatic N) is 1. The predicted molar refractivity (Wildman–Crippen MR) is 110 cm³/mol. The predicted octanol–water partition coefficient (Wildman–Crippen LogP) is 2.78. The number of ether oxygens (including phenoxy) is 2. The lowest BCUT2D eigenvalue weighted by Gasteiger charge is -2.26. The van der Waals surface area contributed by atoms with E-state index in [9.17, 15) is 14.4 Å². The van der Waals surface area contributed by atoms with Gasteiger partial charge in [0.1, 0.15) is 11.3 Å². The monoisotopic (exact) mass is 407 g/mol. The molecule has 0 aliphatic carbocycles. The lowest BCUT2D eigenvalue weighted by molar-refractivity contribution is -0.138. The quantitative estimate of drug-likeness (QED) is 0.618. The van der Waals surface area contributed by atoms with Crippen molar-refractivity contribution in [2.24, 2.45) is 0 Å². The Morgan fingerprint density at radius 3 is 2.50 bits per heavy atom. The number of rotatable bonds is 4. The number of fused-ring (bicyclic) bond motifs is 1. The van der Waals surface area contributed by atoms with Crippen LogP contribution in [0, 0.1) is 6.92 Å². The van der Waals surface area contributed by atoms with E-state index in [0.29, 0.717) is 43.0 Å². The minimum absolute atomic E-state index is 0.108. The third-order valence-corrected chi connectivity index (χ3v) is 5.09. The van der Waals surface area contributed by atoms with Crippen LogP contribution in [0.5, 0.6) is 0 Å². The van der Waals surface area contributed by atoms with E-state index < -0.39 is 5.97 Å². The molecule has 0 spiro atoms. The second-order valence-electron chi connectivity index (χ2n) is 7.00. The van der Waals surface area contributed by atoms with Crippen molar-refractivity contribution in [2.45, 2.75) is 6.92 Å². The molecule has 1 amide bonds. The number of hydrogen-bond acceptors (Lipinski definition) is 6. The standard InChI is InChI=1S/C23H21NO6/c1-15-20(26)17-8-5-9-18(22(17)30-21(15)16-6-3-2-4-7-16)23(27)29-14-19(25)24-10-12-28-13-11-24/h2-9H,10-14H2,1H3. The summed E-state index contributed by atoms with van der Waals surface area (Å²) < 4.78 is 16.5. The molecule has 2 aromatic carbocycles. The van der Waals surface area contributed by atoms with Crippen molar-refractivity contribution in [2.75, 3.05) is 32.9 Å². The lowest BCUT2D eigenvalue weighted by atomic mass is 10.0. The number of hydrogen-bond donors (Lipinski definition) is 0. The average Bonchev–Trinajstić information content (AvgIpc) is 2.80. The second kappa shape index (κ2) is 8.51. The highest BCUT2D eigenvalue weighted by Crippen LogP contribution is 2.27. The average molecular weight is 407 g/mol. The molecule has 1 aliphatic rings. The maximum atomic E-state index is 12.9. The molecular formula is C23H21NO6. The second-order valence-corrected chi connectivity index (χ2v) is 7.00. The fourth-order valence-corrected chi connectivity index (χ4v) is 3.44. The zero-order chi connectivity index (χ0) is 21.1. The van der Waals surface area contributed by atoms with Gasteiger partial charge in [0.05, 0.1) is 18.6 Å². The van der Waals surface area contributed by atoms with Crippen LogP contribution in [0.25, 0.3) is 22.3 Å². The van der Waals surface area contributed by atoms with Gasteiger partial charge in [-0.2, -0.15) is 0 Å². The van der Waals surface area contributed by atoms with Crippen LogP contribution in [0.4, 0.5) is 0 Å². The summed E-state index contributed by atoms with van der Waals surface area (Å²) in [6, 6.07) is 14.0. The Balaban J connectivity index is 1.65. The first-order chi connectivity index (χ1) is 14.6. The summed E-state index contributed by atoms with van der Waals surface area (Å²) in [4.78, 5) is 39.4. The highest BCUT2D eigenvalue weighted by Gasteiger charge is 2.22. The third kappa shape index (κ3) is 3.84. The zero-order valence-electron chi connectivity index (χ0n) is 16.6. The van der Waals surface area contributed by atoms with Gasteiger partial charge in [0.25, 0.3) is 5.91 Å². The van der Waals surface area contributed by atoms with Crippen LogP contribution in [0.1, 0.15) is 15.9 Å². The third-order valence-electron chi connectivity index (χ3n) is 5.09. The van der Waals surface area contributed by atoms with E-state index in [2.05, 4.69) is 0 Å². The van der Waals surface area contributed by atoms with Gasteiger partial charge < -0.3 is 18.8 Å². The first kappa shape index (κ1) is 19.8. The summed E-state index contributed by atoms with van der Waals surface area (Å²) in [6.07, 6.45) is 0. The summed E-state index contributed by atoms with van der Waals surface area (Å²) in [5, 5.41) is 0.293. The Kier molecular flexibility index (Phi) is 5.63. The molecule has 154 valence electrons. The van der Waals surface area contributed by atoms with Crippen LogP contribution >= 0.6 is 0 Å². The molecule has 0 atom stereocenters. The molecule has 7 heteroatoms. The van der Waals surface area contributed by atoms with Crippen molar-refractivity contribution in [1.82, 2.24) is 4.90 Å². The Bertz CT molecular complexity index is 1150. The Labute approximate surface area is 172 Å². The van der Waals surface area contributed by atoms with Crippen molar-refractivity contribution >= 4 is 22.8 Å². The van der Waals surface area contributed by atoms with Gasteiger partial charge in [0.15, 0.2) is 17.6 Å². The van der Waals surface area contributed by atoms with Gasteiger partial charge in [-0.1, -0.05) is 36.4 Å². The van der Waals surface area contributed by atoms with Gasteiger partial charge in [-0.3, -0.25) is 9.59 Å². The Hall–Kier alpha value is -3.45. The van der Waals surface area contributed by atoms with Crippen LogP contribution < -0.4 is 5.43 Å². The first-order valence-corrected chi connectivity index (χ1v) is 9.71. The van der Waals surface area contributed by atoms with E-state index in [-0.39, 0.29) is 29.1 Å². The van der Waals surface area contributed by atoms with E-state index in [0.717, 1.165) is 5.56 Å². The van der Waals surface area contributed by atoms with Crippen LogP contribution in [0.3, 0.4) is 0 Å². The van der Waals surface area contributed by atoms with Crippen molar-refractivity contribution < 1.29 is 23.5 Å². The number of benzene rings is 2. The van der Waals surface area contributed by atoms with E-state index in [4.69, 9.17) is 13.9 Å². The molecule has 1 aliphatic heterocycles. The SMILES string of the molecule is Cc1c(-c2ccccc2)oc2c(C(=O)OCC(=O)N3CCOCC3)cccc2c1=O. The van der Waals surface area contributed by atoms with Crippen molar-refractivity contribution in [3.63, 3.8) is 0 Å². The molecule has 0 saturated carbocycles. The van der Waals surface area contributed by atoms with Crippen molar-refractivity contribution in [3.8, 4) is 11.3 Å². The maximum absolute atomic E-state index is 12.9. The summed E-state index contributed by atoms with van der Waals surface area (Å²) in [5.41, 5.74) is 1.24. The van der Waals surface area contributed by atoms with Gasteiger partial charge in [0, 0.05) is 24.2 Å². The van der Waals surface area contributed by atoms with Gasteiger partial charge in [-0.25, -0.2) is 4.79 Å². The molecule has 4 rings (SSSR count). The summed E-state index contributed by atoms with van der Waals surface area (Å²) in [5.74, 6) is -0.597. The topological polar surface area (TPSA) is 86.1 Å². The van der Waals surface area contributed by atoms with Gasteiger partial charge in [-0.15, -0.1) is 0 Å². The van der Waals surface area contributed by atoms with E-state index >= 15 is 0 Å². The molecule has 0 N–H and O–H groups in total. The minimum atomic E-state index is -0.715. The van der Waals surface area contributed by atoms with Gasteiger partial charge >= 0.3 is 5.97 Å². The number of carbonyl (C=O) groups is 2. The van der Waals surface area contributed by atoms with E-state index in [1.54, 1.807) is 24.0 Å². The van der Waals surface area contributed by atoms with Crippen LogP contribution in [0.2, 0.25) is 0 Å². The molecule has 0 bridgehead atoms. The highest BCUT2D eigenvalue weighted by atomic mass is 16.5. The summed E-state index contributed by atoms with van der Waals surface area (Å²) >= 11 is 0. The highest BCUT2D eigenvalue weighted by molar-refractivity contribution is 6.02. The molecule has 7 nitrogen and oxygen atoms in total. The largest absolute Gasteiger partial charge is 0.455 e. The number of morpholine rings is 1. The fourth-order valence-electron chi connectivity index (χ4n) is 3.44. The number of carbonyl (C=O) groups excluding carboxylic acids is 2. The van der Waals surface area contributed by atoms with Gasteiger partial charge in [0.2, 0.25) is 0 Å². The number of esters is 1. The smallest absolute Gasteiger partial charge is 0.342 e. The zero-order valence-corrected chi connectivity index (χ0v) is 16.6. The molecule has 1 fully saturated rings. The number of amides is 1. The Morgan fingerprint density at radius 2 is 1.77 bits per heavy atom. The van der Waals surface area contributed by atoms with Gasteiger partial charge in [-0.05, 0) is 19.1 Å². The molecule has 3 aromatic rings. The molecule has 1 aromatic heterocycles. The number of para-hydroxylation sites is 1. The fraction of sp³-hybridized carbons (Fsp3) is 0.261. The van der Waals surface area contributed by atoms with E-state index in [1.807, 2.05) is 30.3 Å². The minimum Gasteiger partial charge on any atom is -0.455 e. The van der Waals surface area contributed by atoms with Crippen molar-refractivity contribution in [1.29, 1.82) is 0 Å². The normalized spacial score (nSPS) is 14.0. The van der Waals surface area contributed by atoms with E-state index in [1.165, 1.54) is 6.07 Å². The molecule has 30 heavy (non-hydrogen) atoms. The Morgan fingerprint density at radius 1 is 1.03 bits per heavy atom. The summed E-state index contributed by atoms with van der Waals surface area (Å²) in [6.45, 7) is 3.19. The molecular weight excluding hydrogens is 386 g/mol. The van der Waals surface area contributed by atoms with Crippen LogP contribution in [-0.4, -0.2) is 49.7 Å².